The predicted octanol–water partition coefficient (Wildman–Crippen LogP) is 4.65. The van der Waals surface area contributed by atoms with Crippen molar-refractivity contribution in [1.82, 2.24) is 0 Å². The number of nitrogens with two attached hydrogens (primary N) is 1. The summed E-state index contributed by atoms with van der Waals surface area (Å²) < 4.78 is 13.7. The van der Waals surface area contributed by atoms with E-state index in [9.17, 15) is 14.4 Å². The first-order valence-electron chi connectivity index (χ1n) is 7.71. The number of nitrogens with one attached hydrogen (secondary N) is 2. The van der Waals surface area contributed by atoms with Gasteiger partial charge in [0.2, 0.25) is 0 Å². The quantitative estimate of drug-likeness (QED) is 0.627. The lowest BCUT2D eigenvalue weighted by Crippen LogP contribution is -2.13. The summed E-state index contributed by atoms with van der Waals surface area (Å²) in [7, 11) is 0. The van der Waals surface area contributed by atoms with E-state index in [4.69, 9.17) is 5.73 Å². The Balaban J connectivity index is 1.90. The van der Waals surface area contributed by atoms with Crippen LogP contribution in [0.3, 0.4) is 0 Å². The van der Waals surface area contributed by atoms with E-state index in [1.807, 2.05) is 37.3 Å². The van der Waals surface area contributed by atoms with Gasteiger partial charge in [0.05, 0.1) is 11.4 Å². The molecule has 0 spiro atoms. The molecule has 0 unspecified atom stereocenters. The number of carbonyl (C=O) groups excluding carboxylic acids is 1. The molecule has 0 atom stereocenters. The van der Waals surface area contributed by atoms with E-state index >= 15 is 0 Å². The van der Waals surface area contributed by atoms with E-state index in [-0.39, 0.29) is 21.8 Å². The lowest BCUT2D eigenvalue weighted by molar-refractivity contribution is 0.103. The molecule has 1 heterocycles. The molecule has 5 nitrogen and oxygen atoms in total. The molecular formula is C19H15FN4OS. The van der Waals surface area contributed by atoms with Gasteiger partial charge in [-0.3, -0.25) is 4.79 Å². The van der Waals surface area contributed by atoms with Crippen molar-refractivity contribution in [3.8, 4) is 6.07 Å². The van der Waals surface area contributed by atoms with E-state index in [1.54, 1.807) is 6.07 Å². The second-order valence-electron chi connectivity index (χ2n) is 5.59. The minimum Gasteiger partial charge on any atom is -0.396 e. The van der Waals surface area contributed by atoms with Gasteiger partial charge in [-0.2, -0.15) is 5.26 Å². The second kappa shape index (κ2) is 7.25. The Labute approximate surface area is 153 Å². The van der Waals surface area contributed by atoms with E-state index in [2.05, 4.69) is 10.6 Å². The number of hydrogen-bond acceptors (Lipinski definition) is 5. The van der Waals surface area contributed by atoms with Gasteiger partial charge in [-0.1, -0.05) is 29.8 Å². The van der Waals surface area contributed by atoms with Crippen LogP contribution in [-0.2, 0) is 0 Å². The number of nitriles is 1. The molecule has 0 aliphatic carbocycles. The average Bonchev–Trinajstić information content (AvgIpc) is 2.94. The molecule has 7 heteroatoms. The number of carbonyl (C=O) groups is 1. The molecular weight excluding hydrogens is 351 g/mol. The number of thiophene rings is 1. The van der Waals surface area contributed by atoms with Gasteiger partial charge in [-0.25, -0.2) is 4.39 Å². The van der Waals surface area contributed by atoms with Crippen LogP contribution in [0.2, 0.25) is 0 Å². The topological polar surface area (TPSA) is 90.9 Å². The molecule has 1 aromatic heterocycles. The molecule has 3 rings (SSSR count). The number of nitrogen functional groups attached to an aromatic ring is 1. The van der Waals surface area contributed by atoms with Gasteiger partial charge in [0, 0.05) is 5.69 Å². The smallest absolute Gasteiger partial charge is 0.268 e. The fourth-order valence-electron chi connectivity index (χ4n) is 2.32. The van der Waals surface area contributed by atoms with Crippen molar-refractivity contribution < 1.29 is 9.18 Å². The Morgan fingerprint density at radius 1 is 1.19 bits per heavy atom. The Morgan fingerprint density at radius 3 is 2.54 bits per heavy atom. The van der Waals surface area contributed by atoms with Crippen molar-refractivity contribution in [1.29, 1.82) is 5.26 Å². The summed E-state index contributed by atoms with van der Waals surface area (Å²) in [4.78, 5) is 12.6. The number of hydrogen-bond donors (Lipinski definition) is 3. The average molecular weight is 366 g/mol. The van der Waals surface area contributed by atoms with Crippen molar-refractivity contribution in [2.75, 3.05) is 16.4 Å². The van der Waals surface area contributed by atoms with Gasteiger partial charge in [-0.15, -0.1) is 11.3 Å². The number of rotatable bonds is 4. The predicted molar refractivity (Wildman–Crippen MR) is 102 cm³/mol. The highest BCUT2D eigenvalue weighted by Gasteiger charge is 2.22. The standard InChI is InChI=1S/C19H15FN4OS/c1-11-6-8-12(9-7-11)23-19-13(10-21)16(22)17(26-19)18(25)24-15-5-3-2-4-14(15)20/h2-9,23H,22H2,1H3,(H,24,25). The third kappa shape index (κ3) is 3.50. The van der Waals surface area contributed by atoms with Crippen LogP contribution in [0.5, 0.6) is 0 Å². The largest absolute Gasteiger partial charge is 0.396 e. The van der Waals surface area contributed by atoms with Crippen LogP contribution in [0.25, 0.3) is 0 Å². The van der Waals surface area contributed by atoms with Crippen molar-refractivity contribution in [3.63, 3.8) is 0 Å². The van der Waals surface area contributed by atoms with Crippen LogP contribution in [0.15, 0.2) is 48.5 Å². The molecule has 0 aliphatic heterocycles. The summed E-state index contributed by atoms with van der Waals surface area (Å²) in [6.45, 7) is 1.97. The van der Waals surface area contributed by atoms with Crippen LogP contribution in [0, 0.1) is 24.1 Å². The summed E-state index contributed by atoms with van der Waals surface area (Å²) >= 11 is 1.05. The molecule has 0 fully saturated rings. The normalized spacial score (nSPS) is 10.2. The number of anilines is 4. The highest BCUT2D eigenvalue weighted by Crippen LogP contribution is 2.37. The number of halogens is 1. The van der Waals surface area contributed by atoms with Gasteiger partial charge in [0.15, 0.2) is 0 Å². The van der Waals surface area contributed by atoms with E-state index in [1.165, 1.54) is 18.2 Å². The maximum absolute atomic E-state index is 13.7. The molecule has 3 aromatic rings. The van der Waals surface area contributed by atoms with E-state index in [0.29, 0.717) is 5.00 Å². The maximum atomic E-state index is 13.7. The highest BCUT2D eigenvalue weighted by molar-refractivity contribution is 7.19. The molecule has 1 amide bonds. The fraction of sp³-hybridized carbons (Fsp3) is 0.0526. The van der Waals surface area contributed by atoms with Crippen LogP contribution in [-0.4, -0.2) is 5.91 Å². The monoisotopic (exact) mass is 366 g/mol. The summed E-state index contributed by atoms with van der Waals surface area (Å²) in [5.41, 5.74) is 8.17. The summed E-state index contributed by atoms with van der Waals surface area (Å²) in [6.07, 6.45) is 0. The summed E-state index contributed by atoms with van der Waals surface area (Å²) in [5, 5.41) is 15.4. The zero-order valence-corrected chi connectivity index (χ0v) is 14.7. The van der Waals surface area contributed by atoms with Gasteiger partial charge in [-0.05, 0) is 31.2 Å². The van der Waals surface area contributed by atoms with Crippen LogP contribution >= 0.6 is 11.3 Å². The highest BCUT2D eigenvalue weighted by atomic mass is 32.1. The molecule has 0 saturated heterocycles. The van der Waals surface area contributed by atoms with Crippen molar-refractivity contribution in [3.05, 3.63) is 70.4 Å². The number of aryl methyl sites for hydroxylation is 1. The first kappa shape index (κ1) is 17.5. The molecule has 2 aromatic carbocycles. The van der Waals surface area contributed by atoms with Crippen LogP contribution in [0.1, 0.15) is 20.8 Å². The van der Waals surface area contributed by atoms with Gasteiger partial charge in [0.1, 0.15) is 27.3 Å². The van der Waals surface area contributed by atoms with Crippen molar-refractivity contribution >= 4 is 39.3 Å². The fourth-order valence-corrected chi connectivity index (χ4v) is 3.31. The third-order valence-corrected chi connectivity index (χ3v) is 4.81. The zero-order valence-electron chi connectivity index (χ0n) is 13.8. The Morgan fingerprint density at radius 2 is 1.88 bits per heavy atom. The SMILES string of the molecule is Cc1ccc(Nc2sc(C(=O)Nc3ccccc3F)c(N)c2C#N)cc1. The van der Waals surface area contributed by atoms with Crippen molar-refractivity contribution in [2.45, 2.75) is 6.92 Å². The molecule has 4 N–H and O–H groups in total. The Bertz CT molecular complexity index is 1010. The minimum atomic E-state index is -0.564. The van der Waals surface area contributed by atoms with E-state index < -0.39 is 11.7 Å². The number of para-hydroxylation sites is 1. The Hall–Kier alpha value is -3.37. The number of nitrogens with zero attached hydrogens (tertiary/aromatic N) is 1. The van der Waals surface area contributed by atoms with Gasteiger partial charge in [0.25, 0.3) is 5.91 Å². The lowest BCUT2D eigenvalue weighted by atomic mass is 10.2. The summed E-state index contributed by atoms with van der Waals surface area (Å²) in [6, 6.07) is 15.4. The first-order valence-corrected chi connectivity index (χ1v) is 8.53. The minimum absolute atomic E-state index is 0.0526. The van der Waals surface area contributed by atoms with Crippen LogP contribution < -0.4 is 16.4 Å². The molecule has 26 heavy (non-hydrogen) atoms. The second-order valence-corrected chi connectivity index (χ2v) is 6.61. The summed E-state index contributed by atoms with van der Waals surface area (Å²) in [5.74, 6) is -1.11. The third-order valence-electron chi connectivity index (χ3n) is 3.69. The lowest BCUT2D eigenvalue weighted by Gasteiger charge is -2.05. The van der Waals surface area contributed by atoms with E-state index in [0.717, 1.165) is 22.6 Å². The molecule has 0 saturated carbocycles. The number of amides is 1. The van der Waals surface area contributed by atoms with Gasteiger partial charge < -0.3 is 16.4 Å². The number of benzene rings is 2. The Kier molecular flexibility index (Phi) is 4.87. The zero-order chi connectivity index (χ0) is 18.7. The molecule has 0 aliphatic rings. The molecule has 0 radical (unpaired) electrons. The first-order chi connectivity index (χ1) is 12.5. The maximum Gasteiger partial charge on any atom is 0.268 e. The van der Waals surface area contributed by atoms with Crippen LogP contribution in [0.4, 0.5) is 26.5 Å². The molecule has 130 valence electrons. The van der Waals surface area contributed by atoms with Gasteiger partial charge >= 0.3 is 0 Å². The molecule has 0 bridgehead atoms. The van der Waals surface area contributed by atoms with Crippen molar-refractivity contribution in [2.24, 2.45) is 0 Å².